The van der Waals surface area contributed by atoms with Crippen molar-refractivity contribution in [2.45, 2.75) is 20.8 Å². The summed E-state index contributed by atoms with van der Waals surface area (Å²) >= 11 is 0. The van der Waals surface area contributed by atoms with Crippen molar-refractivity contribution in [3.05, 3.63) is 63.2 Å². The quantitative estimate of drug-likeness (QED) is 0.362. The van der Waals surface area contributed by atoms with Gasteiger partial charge in [-0.25, -0.2) is 9.59 Å². The van der Waals surface area contributed by atoms with Crippen LogP contribution in [-0.4, -0.2) is 42.6 Å². The standard InChI is InChI=1S/C21H22N2O8/c1-4-29-18-8-7-13(12-17(18)23(27)28)19(24)22-16-10-14(20(25)30-5-2)9-15(11-16)21(26)31-6-3/h7-12H,4-6H2,1-3H3,(H,22,24). The SMILES string of the molecule is CCOC(=O)c1cc(NC(=O)c2ccc(OCC)c([N+](=O)[O-])c2)cc(C(=O)OCC)c1. The topological polar surface area (TPSA) is 134 Å². The van der Waals surface area contributed by atoms with Crippen molar-refractivity contribution in [1.29, 1.82) is 0 Å². The predicted octanol–water partition coefficient (Wildman–Crippen LogP) is 3.60. The predicted molar refractivity (Wildman–Crippen MR) is 111 cm³/mol. The van der Waals surface area contributed by atoms with E-state index in [0.717, 1.165) is 6.07 Å². The maximum Gasteiger partial charge on any atom is 0.338 e. The van der Waals surface area contributed by atoms with Crippen LogP contribution < -0.4 is 10.1 Å². The summed E-state index contributed by atoms with van der Waals surface area (Å²) in [6, 6.07) is 7.75. The molecule has 0 saturated carbocycles. The Morgan fingerprint density at radius 2 is 1.45 bits per heavy atom. The Hall–Kier alpha value is -3.95. The number of benzene rings is 2. The fraction of sp³-hybridized carbons (Fsp3) is 0.286. The van der Waals surface area contributed by atoms with Gasteiger partial charge >= 0.3 is 17.6 Å². The van der Waals surface area contributed by atoms with Gasteiger partial charge in [-0.05, 0) is 51.1 Å². The van der Waals surface area contributed by atoms with Crippen molar-refractivity contribution in [2.75, 3.05) is 25.1 Å². The van der Waals surface area contributed by atoms with Crippen molar-refractivity contribution in [1.82, 2.24) is 0 Å². The van der Waals surface area contributed by atoms with Crippen LogP contribution in [0.15, 0.2) is 36.4 Å². The first-order chi connectivity index (χ1) is 14.8. The zero-order chi connectivity index (χ0) is 23.0. The Morgan fingerprint density at radius 1 is 0.871 bits per heavy atom. The molecule has 2 aromatic rings. The number of nitro benzene ring substituents is 1. The highest BCUT2D eigenvalue weighted by Gasteiger charge is 2.20. The highest BCUT2D eigenvalue weighted by atomic mass is 16.6. The second kappa shape index (κ2) is 10.7. The molecule has 0 aliphatic heterocycles. The number of ether oxygens (including phenoxy) is 3. The van der Waals surface area contributed by atoms with E-state index in [0.29, 0.717) is 0 Å². The number of hydrogen-bond acceptors (Lipinski definition) is 8. The van der Waals surface area contributed by atoms with Gasteiger partial charge in [-0.2, -0.15) is 0 Å². The van der Waals surface area contributed by atoms with Crippen LogP contribution in [0.5, 0.6) is 5.75 Å². The molecule has 0 heterocycles. The number of rotatable bonds is 9. The summed E-state index contributed by atoms with van der Waals surface area (Å²) in [5, 5.41) is 13.8. The average Bonchev–Trinajstić information content (AvgIpc) is 2.74. The molecule has 0 spiro atoms. The Labute approximate surface area is 178 Å². The van der Waals surface area contributed by atoms with Gasteiger partial charge in [0.25, 0.3) is 5.91 Å². The minimum atomic E-state index is -0.680. The second-order valence-electron chi connectivity index (χ2n) is 6.07. The lowest BCUT2D eigenvalue weighted by atomic mass is 10.1. The summed E-state index contributed by atoms with van der Waals surface area (Å²) in [5.74, 6) is -2.00. The third-order valence-electron chi connectivity index (χ3n) is 3.93. The zero-order valence-corrected chi connectivity index (χ0v) is 17.3. The van der Waals surface area contributed by atoms with E-state index in [4.69, 9.17) is 14.2 Å². The minimum absolute atomic E-state index is 0.00521. The third-order valence-corrected chi connectivity index (χ3v) is 3.93. The molecule has 0 atom stereocenters. The van der Waals surface area contributed by atoms with Gasteiger partial charge in [-0.15, -0.1) is 0 Å². The molecule has 0 radical (unpaired) electrons. The van der Waals surface area contributed by atoms with Gasteiger partial charge in [0.1, 0.15) is 0 Å². The Kier molecular flexibility index (Phi) is 8.07. The van der Waals surface area contributed by atoms with Crippen molar-refractivity contribution in [3.63, 3.8) is 0 Å². The maximum atomic E-state index is 12.7. The van der Waals surface area contributed by atoms with Gasteiger partial charge in [0.2, 0.25) is 0 Å². The minimum Gasteiger partial charge on any atom is -0.487 e. The van der Waals surface area contributed by atoms with Crippen LogP contribution in [0.2, 0.25) is 0 Å². The number of nitrogens with zero attached hydrogens (tertiary/aromatic N) is 1. The average molecular weight is 430 g/mol. The summed E-state index contributed by atoms with van der Waals surface area (Å²) in [6.45, 7) is 5.43. The molecule has 0 saturated heterocycles. The molecule has 0 aromatic heterocycles. The number of carbonyl (C=O) groups excluding carboxylic acids is 3. The molecule has 0 unspecified atom stereocenters. The molecule has 0 aliphatic rings. The summed E-state index contributed by atoms with van der Waals surface area (Å²) < 4.78 is 15.1. The van der Waals surface area contributed by atoms with E-state index in [9.17, 15) is 24.5 Å². The van der Waals surface area contributed by atoms with Gasteiger partial charge < -0.3 is 19.5 Å². The third kappa shape index (κ3) is 6.01. The Balaban J connectivity index is 2.38. The number of esters is 2. The molecule has 1 amide bonds. The van der Waals surface area contributed by atoms with E-state index in [2.05, 4.69) is 5.32 Å². The second-order valence-corrected chi connectivity index (χ2v) is 6.07. The lowest BCUT2D eigenvalue weighted by Gasteiger charge is -2.11. The van der Waals surface area contributed by atoms with Gasteiger partial charge in [-0.1, -0.05) is 0 Å². The number of carbonyl (C=O) groups is 3. The molecule has 0 bridgehead atoms. The molecular formula is C21H22N2O8. The van der Waals surface area contributed by atoms with Crippen LogP contribution in [-0.2, 0) is 9.47 Å². The first-order valence-electron chi connectivity index (χ1n) is 9.52. The van der Waals surface area contributed by atoms with Crippen LogP contribution in [0.4, 0.5) is 11.4 Å². The normalized spacial score (nSPS) is 10.2. The van der Waals surface area contributed by atoms with Crippen LogP contribution >= 0.6 is 0 Å². The number of anilines is 1. The van der Waals surface area contributed by atoms with Crippen LogP contribution in [0.1, 0.15) is 51.8 Å². The lowest BCUT2D eigenvalue weighted by Crippen LogP contribution is -2.15. The van der Waals surface area contributed by atoms with Crippen molar-refractivity contribution < 1.29 is 33.5 Å². The van der Waals surface area contributed by atoms with Crippen molar-refractivity contribution in [2.24, 2.45) is 0 Å². The molecule has 0 aliphatic carbocycles. The summed E-state index contributed by atoms with van der Waals surface area (Å²) in [4.78, 5) is 47.6. The molecule has 10 nitrogen and oxygen atoms in total. The van der Waals surface area contributed by atoms with Crippen LogP contribution in [0.3, 0.4) is 0 Å². The smallest absolute Gasteiger partial charge is 0.338 e. The fourth-order valence-electron chi connectivity index (χ4n) is 2.65. The lowest BCUT2D eigenvalue weighted by molar-refractivity contribution is -0.385. The maximum absolute atomic E-state index is 12.7. The van der Waals surface area contributed by atoms with Gasteiger partial charge in [-0.3, -0.25) is 14.9 Å². The van der Waals surface area contributed by atoms with E-state index < -0.39 is 22.8 Å². The van der Waals surface area contributed by atoms with E-state index in [-0.39, 0.29) is 53.6 Å². The molecule has 2 rings (SSSR count). The van der Waals surface area contributed by atoms with E-state index in [1.807, 2.05) is 0 Å². The molecule has 164 valence electrons. The summed E-state index contributed by atoms with van der Waals surface area (Å²) in [7, 11) is 0. The molecule has 0 fully saturated rings. The molecular weight excluding hydrogens is 408 g/mol. The summed E-state index contributed by atoms with van der Waals surface area (Å²) in [6.07, 6.45) is 0. The monoisotopic (exact) mass is 430 g/mol. The van der Waals surface area contributed by atoms with Crippen LogP contribution in [0, 0.1) is 10.1 Å². The zero-order valence-electron chi connectivity index (χ0n) is 17.3. The fourth-order valence-corrected chi connectivity index (χ4v) is 2.65. The Bertz CT molecular complexity index is 967. The van der Waals surface area contributed by atoms with Crippen LogP contribution in [0.25, 0.3) is 0 Å². The van der Waals surface area contributed by atoms with E-state index >= 15 is 0 Å². The number of nitro groups is 1. The largest absolute Gasteiger partial charge is 0.487 e. The van der Waals surface area contributed by atoms with E-state index in [1.165, 1.54) is 30.3 Å². The van der Waals surface area contributed by atoms with Crippen molar-refractivity contribution >= 4 is 29.2 Å². The van der Waals surface area contributed by atoms with E-state index in [1.54, 1.807) is 20.8 Å². The van der Waals surface area contributed by atoms with Gasteiger partial charge in [0.05, 0.1) is 35.9 Å². The van der Waals surface area contributed by atoms with Gasteiger partial charge in [0.15, 0.2) is 5.75 Å². The number of hydrogen-bond donors (Lipinski definition) is 1. The van der Waals surface area contributed by atoms with Gasteiger partial charge in [0, 0.05) is 17.3 Å². The molecule has 31 heavy (non-hydrogen) atoms. The molecule has 10 heteroatoms. The first kappa shape index (κ1) is 23.3. The number of nitrogens with one attached hydrogen (secondary N) is 1. The Morgan fingerprint density at radius 3 is 1.94 bits per heavy atom. The molecule has 1 N–H and O–H groups in total. The first-order valence-corrected chi connectivity index (χ1v) is 9.52. The molecule has 2 aromatic carbocycles. The summed E-state index contributed by atoms with van der Waals surface area (Å²) in [5.41, 5.74) is -0.160. The number of amides is 1. The highest BCUT2D eigenvalue weighted by Crippen LogP contribution is 2.28. The highest BCUT2D eigenvalue weighted by molar-refractivity contribution is 6.06. The van der Waals surface area contributed by atoms with Crippen molar-refractivity contribution in [3.8, 4) is 5.75 Å².